The molecule has 0 radical (unpaired) electrons. The Morgan fingerprint density at radius 2 is 1.74 bits per heavy atom. The monoisotopic (exact) mass is 518 g/mol. The van der Waals surface area contributed by atoms with Crippen LogP contribution in [0.3, 0.4) is 0 Å². The van der Waals surface area contributed by atoms with Crippen LogP contribution >= 0.6 is 11.3 Å². The van der Waals surface area contributed by atoms with Gasteiger partial charge in [-0.05, 0) is 68.4 Å². The number of amides is 2. The van der Waals surface area contributed by atoms with E-state index < -0.39 is 21.8 Å². The molecule has 0 saturated carbocycles. The van der Waals surface area contributed by atoms with Gasteiger partial charge >= 0.3 is 0 Å². The third-order valence-corrected chi connectivity index (χ3v) is 9.86. The van der Waals surface area contributed by atoms with Gasteiger partial charge in [0.05, 0.1) is 10.5 Å². The predicted molar refractivity (Wildman–Crippen MR) is 138 cm³/mol. The Balaban J connectivity index is 1.53. The number of hydrogen-bond donors (Lipinski definition) is 2. The van der Waals surface area contributed by atoms with Gasteiger partial charge in [-0.1, -0.05) is 13.8 Å². The lowest BCUT2D eigenvalue weighted by atomic mass is 9.94. The maximum absolute atomic E-state index is 13.1. The average Bonchev–Trinajstić information content (AvgIpc) is 3.15. The van der Waals surface area contributed by atoms with Crippen LogP contribution in [-0.4, -0.2) is 55.1 Å². The molecule has 2 aromatic rings. The first-order chi connectivity index (χ1) is 16.5. The normalized spacial score (nSPS) is 21.6. The molecule has 1 fully saturated rings. The smallest absolute Gasteiger partial charge is 0.256 e. The van der Waals surface area contributed by atoms with Gasteiger partial charge in [-0.25, -0.2) is 8.42 Å². The van der Waals surface area contributed by atoms with E-state index in [1.165, 1.54) is 39.9 Å². The van der Waals surface area contributed by atoms with Gasteiger partial charge in [0, 0.05) is 42.7 Å². The summed E-state index contributed by atoms with van der Waals surface area (Å²) in [5, 5.41) is 3.29. The minimum absolute atomic E-state index is 0.175. The lowest BCUT2D eigenvalue weighted by Crippen LogP contribution is -2.42. The summed E-state index contributed by atoms with van der Waals surface area (Å²) >= 11 is 1.38. The molecule has 35 heavy (non-hydrogen) atoms. The number of nitrogens with zero attached hydrogens (tertiary/aromatic N) is 2. The highest BCUT2D eigenvalue weighted by molar-refractivity contribution is 7.89. The third-order valence-electron chi connectivity index (χ3n) is 6.88. The first-order valence-electron chi connectivity index (χ1n) is 12.1. The highest BCUT2D eigenvalue weighted by Gasteiger charge is 2.32. The van der Waals surface area contributed by atoms with Crippen LogP contribution in [0.15, 0.2) is 29.2 Å². The SMILES string of the molecule is CC(C)N1CCc2c(sc(NC(=O)c3ccc(S(=O)(=O)N4C[C@H](C)C[C@H](C)C4)cc3)c2C(N)=O)C1. The molecule has 0 aliphatic carbocycles. The van der Waals surface area contributed by atoms with Crippen LogP contribution in [0.1, 0.15) is 65.3 Å². The average molecular weight is 519 g/mol. The van der Waals surface area contributed by atoms with Crippen LogP contribution < -0.4 is 11.1 Å². The number of hydrogen-bond acceptors (Lipinski definition) is 6. The van der Waals surface area contributed by atoms with E-state index in [0.29, 0.717) is 60.1 Å². The summed E-state index contributed by atoms with van der Waals surface area (Å²) in [5.41, 5.74) is 7.30. The molecule has 8 nitrogen and oxygen atoms in total. The summed E-state index contributed by atoms with van der Waals surface area (Å²) in [5.74, 6) is -0.345. The molecule has 2 atom stereocenters. The number of thiophene rings is 1. The number of primary amides is 1. The second-order valence-corrected chi connectivity index (χ2v) is 13.2. The van der Waals surface area contributed by atoms with E-state index >= 15 is 0 Å². The van der Waals surface area contributed by atoms with E-state index in [1.54, 1.807) is 0 Å². The Labute approximate surface area is 211 Å². The molecule has 3 N–H and O–H groups in total. The molecule has 0 unspecified atom stereocenters. The minimum Gasteiger partial charge on any atom is -0.365 e. The molecule has 1 saturated heterocycles. The highest BCUT2D eigenvalue weighted by atomic mass is 32.2. The van der Waals surface area contributed by atoms with Crippen molar-refractivity contribution in [2.24, 2.45) is 17.6 Å². The van der Waals surface area contributed by atoms with Crippen molar-refractivity contribution in [3.8, 4) is 0 Å². The minimum atomic E-state index is -3.62. The van der Waals surface area contributed by atoms with Gasteiger partial charge in [0.2, 0.25) is 10.0 Å². The van der Waals surface area contributed by atoms with Crippen LogP contribution in [0.4, 0.5) is 5.00 Å². The Bertz CT molecular complexity index is 1210. The number of piperidine rings is 1. The second-order valence-electron chi connectivity index (χ2n) is 10.1. The number of benzene rings is 1. The molecular weight excluding hydrogens is 484 g/mol. The number of carbonyl (C=O) groups excluding carboxylic acids is 2. The van der Waals surface area contributed by atoms with Crippen molar-refractivity contribution in [1.82, 2.24) is 9.21 Å². The fourth-order valence-electron chi connectivity index (χ4n) is 5.12. The van der Waals surface area contributed by atoms with Gasteiger partial charge in [-0.15, -0.1) is 11.3 Å². The first-order valence-corrected chi connectivity index (χ1v) is 14.3. The Morgan fingerprint density at radius 1 is 1.11 bits per heavy atom. The predicted octanol–water partition coefficient (Wildman–Crippen LogP) is 3.53. The second kappa shape index (κ2) is 10.0. The summed E-state index contributed by atoms with van der Waals surface area (Å²) in [6.07, 6.45) is 1.72. The fourth-order valence-corrected chi connectivity index (χ4v) is 8.07. The van der Waals surface area contributed by atoms with Gasteiger partial charge in [-0.2, -0.15) is 4.31 Å². The van der Waals surface area contributed by atoms with Crippen LogP contribution in [0, 0.1) is 11.8 Å². The standard InChI is InChI=1S/C25H34N4O4S2/c1-15(2)28-10-9-20-21(14-28)34-25(22(20)23(26)30)27-24(31)18-5-7-19(8-6-18)35(32,33)29-12-16(3)11-17(4)13-29/h5-8,15-17H,9-14H2,1-4H3,(H2,26,30)(H,27,31)/t16-,17+. The first kappa shape index (κ1) is 25.8. The lowest BCUT2D eigenvalue weighted by Gasteiger charge is -2.34. The van der Waals surface area contributed by atoms with Crippen molar-refractivity contribution in [3.05, 3.63) is 45.8 Å². The number of carbonyl (C=O) groups is 2. The van der Waals surface area contributed by atoms with E-state index in [-0.39, 0.29) is 4.90 Å². The molecule has 0 spiro atoms. The van der Waals surface area contributed by atoms with E-state index in [9.17, 15) is 18.0 Å². The van der Waals surface area contributed by atoms with Gasteiger partial charge in [-0.3, -0.25) is 14.5 Å². The summed E-state index contributed by atoms with van der Waals surface area (Å²) in [6, 6.07) is 6.35. The number of rotatable bonds is 6. The molecule has 0 bridgehead atoms. The molecule has 2 aliphatic heterocycles. The van der Waals surface area contributed by atoms with Crippen molar-refractivity contribution in [3.63, 3.8) is 0 Å². The van der Waals surface area contributed by atoms with Gasteiger partial charge < -0.3 is 11.1 Å². The van der Waals surface area contributed by atoms with Crippen molar-refractivity contribution < 1.29 is 18.0 Å². The number of nitrogens with one attached hydrogen (secondary N) is 1. The van der Waals surface area contributed by atoms with E-state index in [1.807, 2.05) is 0 Å². The quantitative estimate of drug-likeness (QED) is 0.607. The zero-order chi connectivity index (χ0) is 25.5. The summed E-state index contributed by atoms with van der Waals surface area (Å²) in [4.78, 5) is 28.8. The van der Waals surface area contributed by atoms with Crippen LogP contribution in [-0.2, 0) is 23.0 Å². The summed E-state index contributed by atoms with van der Waals surface area (Å²) < 4.78 is 27.8. The van der Waals surface area contributed by atoms with Crippen LogP contribution in [0.5, 0.6) is 0 Å². The van der Waals surface area contributed by atoms with Crippen LogP contribution in [0.2, 0.25) is 0 Å². The van der Waals surface area contributed by atoms with Crippen LogP contribution in [0.25, 0.3) is 0 Å². The number of anilines is 1. The maximum atomic E-state index is 13.1. The topological polar surface area (TPSA) is 113 Å². The van der Waals surface area contributed by atoms with Gasteiger partial charge in [0.15, 0.2) is 0 Å². The van der Waals surface area contributed by atoms with E-state index in [4.69, 9.17) is 5.73 Å². The van der Waals surface area contributed by atoms with Gasteiger partial charge in [0.25, 0.3) is 11.8 Å². The number of fused-ring (bicyclic) bond motifs is 1. The molecule has 4 rings (SSSR count). The molecule has 2 amide bonds. The summed E-state index contributed by atoms with van der Waals surface area (Å²) in [6.45, 7) is 10.9. The van der Waals surface area contributed by atoms with Crippen molar-refractivity contribution >= 4 is 38.2 Å². The van der Waals surface area contributed by atoms with Gasteiger partial charge in [0.1, 0.15) is 5.00 Å². The molecule has 1 aromatic carbocycles. The van der Waals surface area contributed by atoms with E-state index in [0.717, 1.165) is 23.4 Å². The molecule has 1 aromatic heterocycles. The van der Waals surface area contributed by atoms with Crippen molar-refractivity contribution in [2.75, 3.05) is 25.0 Å². The Kier molecular flexibility index (Phi) is 7.38. The highest BCUT2D eigenvalue weighted by Crippen LogP contribution is 2.37. The van der Waals surface area contributed by atoms with Crippen molar-refractivity contribution in [1.29, 1.82) is 0 Å². The summed E-state index contributed by atoms with van der Waals surface area (Å²) in [7, 11) is -3.62. The lowest BCUT2D eigenvalue weighted by molar-refractivity contribution is 0.0999. The molecule has 3 heterocycles. The zero-order valence-corrected chi connectivity index (χ0v) is 22.3. The van der Waals surface area contributed by atoms with Crippen molar-refractivity contribution in [2.45, 2.75) is 58.0 Å². The zero-order valence-electron chi connectivity index (χ0n) is 20.7. The molecule has 190 valence electrons. The largest absolute Gasteiger partial charge is 0.365 e. The fraction of sp³-hybridized carbons (Fsp3) is 0.520. The Hall–Kier alpha value is -2.27. The third kappa shape index (κ3) is 5.30. The number of nitrogens with two attached hydrogens (primary N) is 1. The molecular formula is C25H34N4O4S2. The molecule has 2 aliphatic rings. The van der Waals surface area contributed by atoms with E-state index in [2.05, 4.69) is 37.9 Å². The maximum Gasteiger partial charge on any atom is 0.256 e. The Morgan fingerprint density at radius 3 is 2.31 bits per heavy atom. The number of sulfonamides is 1. The molecule has 10 heteroatoms.